The van der Waals surface area contributed by atoms with Gasteiger partial charge in [0.15, 0.2) is 0 Å². The maximum atomic E-state index is 4.20. The minimum absolute atomic E-state index is 0.266. The fourth-order valence-electron chi connectivity index (χ4n) is 2.00. The average Bonchev–Trinajstić information content (AvgIpc) is 2.68. The van der Waals surface area contributed by atoms with Crippen molar-refractivity contribution in [3.63, 3.8) is 0 Å². The third kappa shape index (κ3) is 2.74. The standard InChI is InChI=1S/C14H20N2.C2H6/c1-10-9-16(11(2)14(3,4)5)13-6-7-15-8-12(10)13;1-2/h6-9,11H,1-5H3;1-2H3. The summed E-state index contributed by atoms with van der Waals surface area (Å²) in [5, 5.41) is 1.26. The smallest absolute Gasteiger partial charge is 0.0516 e. The minimum atomic E-state index is 0.266. The lowest BCUT2D eigenvalue weighted by Crippen LogP contribution is -2.20. The molecule has 100 valence electrons. The predicted octanol–water partition coefficient (Wildman–Crippen LogP) is 4.98. The zero-order valence-corrected chi connectivity index (χ0v) is 12.8. The van der Waals surface area contributed by atoms with Crippen molar-refractivity contribution in [3.8, 4) is 0 Å². The van der Waals surface area contributed by atoms with Crippen molar-refractivity contribution < 1.29 is 0 Å². The first-order valence-electron chi connectivity index (χ1n) is 6.82. The highest BCUT2D eigenvalue weighted by Gasteiger charge is 2.23. The molecule has 0 saturated heterocycles. The molecule has 2 heteroatoms. The highest BCUT2D eigenvalue weighted by atomic mass is 15.0. The topological polar surface area (TPSA) is 17.8 Å². The summed E-state index contributed by atoms with van der Waals surface area (Å²) < 4.78 is 2.37. The normalized spacial score (nSPS) is 13.1. The number of nitrogens with zero attached hydrogens (tertiary/aromatic N) is 2. The van der Waals surface area contributed by atoms with Crippen LogP contribution in [0.3, 0.4) is 0 Å². The van der Waals surface area contributed by atoms with Crippen molar-refractivity contribution in [2.45, 2.75) is 54.5 Å². The second-order valence-corrected chi connectivity index (χ2v) is 5.65. The van der Waals surface area contributed by atoms with Crippen LogP contribution in [0.4, 0.5) is 0 Å². The van der Waals surface area contributed by atoms with Crippen LogP contribution < -0.4 is 0 Å². The lowest BCUT2D eigenvalue weighted by atomic mass is 9.88. The van der Waals surface area contributed by atoms with E-state index in [1.165, 1.54) is 16.5 Å². The lowest BCUT2D eigenvalue weighted by Gasteiger charge is -2.29. The van der Waals surface area contributed by atoms with Gasteiger partial charge in [-0.05, 0) is 30.9 Å². The molecule has 18 heavy (non-hydrogen) atoms. The molecular formula is C16H26N2. The summed E-state index contributed by atoms with van der Waals surface area (Å²) in [4.78, 5) is 4.20. The molecule has 0 aliphatic heterocycles. The number of pyridine rings is 1. The molecular weight excluding hydrogens is 220 g/mol. The molecule has 1 unspecified atom stereocenters. The van der Waals surface area contributed by atoms with Crippen molar-refractivity contribution >= 4 is 10.9 Å². The Morgan fingerprint density at radius 3 is 2.39 bits per heavy atom. The van der Waals surface area contributed by atoms with Crippen molar-refractivity contribution in [3.05, 3.63) is 30.2 Å². The predicted molar refractivity (Wildman–Crippen MR) is 80.0 cm³/mol. The van der Waals surface area contributed by atoms with E-state index < -0.39 is 0 Å². The third-order valence-corrected chi connectivity index (χ3v) is 3.50. The van der Waals surface area contributed by atoms with E-state index in [9.17, 15) is 0 Å². The van der Waals surface area contributed by atoms with Gasteiger partial charge in [0, 0.05) is 30.0 Å². The minimum Gasteiger partial charge on any atom is -0.344 e. The molecule has 2 aromatic heterocycles. The van der Waals surface area contributed by atoms with Crippen LogP contribution in [0.25, 0.3) is 10.9 Å². The summed E-state index contributed by atoms with van der Waals surface area (Å²) in [6, 6.07) is 2.58. The Hall–Kier alpha value is -1.31. The second-order valence-electron chi connectivity index (χ2n) is 5.65. The Morgan fingerprint density at radius 2 is 1.83 bits per heavy atom. The summed E-state index contributed by atoms with van der Waals surface area (Å²) in [6.45, 7) is 15.3. The molecule has 0 aliphatic rings. The third-order valence-electron chi connectivity index (χ3n) is 3.50. The van der Waals surface area contributed by atoms with E-state index in [1.54, 1.807) is 0 Å². The van der Waals surface area contributed by atoms with Gasteiger partial charge in [-0.15, -0.1) is 0 Å². The Kier molecular flexibility index (Phi) is 4.55. The first-order chi connectivity index (χ1) is 8.41. The number of fused-ring (bicyclic) bond motifs is 1. The van der Waals surface area contributed by atoms with Gasteiger partial charge >= 0.3 is 0 Å². The van der Waals surface area contributed by atoms with E-state index in [4.69, 9.17) is 0 Å². The van der Waals surface area contributed by atoms with Crippen LogP contribution in [0, 0.1) is 12.3 Å². The molecule has 0 bridgehead atoms. The molecule has 2 heterocycles. The molecule has 0 N–H and O–H groups in total. The zero-order chi connectivity index (χ0) is 13.9. The summed E-state index contributed by atoms with van der Waals surface area (Å²) in [5.74, 6) is 0. The van der Waals surface area contributed by atoms with Crippen LogP contribution in [0.5, 0.6) is 0 Å². The molecule has 0 spiro atoms. The highest BCUT2D eigenvalue weighted by Crippen LogP contribution is 2.33. The van der Waals surface area contributed by atoms with E-state index >= 15 is 0 Å². The molecule has 0 saturated carbocycles. The maximum absolute atomic E-state index is 4.20. The zero-order valence-electron chi connectivity index (χ0n) is 12.8. The summed E-state index contributed by atoms with van der Waals surface area (Å²) >= 11 is 0. The van der Waals surface area contributed by atoms with Crippen molar-refractivity contribution in [2.75, 3.05) is 0 Å². The van der Waals surface area contributed by atoms with Crippen LogP contribution in [-0.2, 0) is 0 Å². The molecule has 0 amide bonds. The van der Waals surface area contributed by atoms with Crippen molar-refractivity contribution in [1.82, 2.24) is 9.55 Å². The monoisotopic (exact) mass is 246 g/mol. The van der Waals surface area contributed by atoms with E-state index in [0.29, 0.717) is 6.04 Å². The number of aromatic nitrogens is 2. The van der Waals surface area contributed by atoms with Gasteiger partial charge in [0.25, 0.3) is 0 Å². The van der Waals surface area contributed by atoms with E-state index in [0.717, 1.165) is 0 Å². The Morgan fingerprint density at radius 1 is 1.22 bits per heavy atom. The first kappa shape index (κ1) is 14.7. The van der Waals surface area contributed by atoms with Crippen LogP contribution >= 0.6 is 0 Å². The molecule has 2 nitrogen and oxygen atoms in total. The van der Waals surface area contributed by atoms with E-state index in [2.05, 4.69) is 56.4 Å². The summed E-state index contributed by atoms with van der Waals surface area (Å²) in [7, 11) is 0. The largest absolute Gasteiger partial charge is 0.344 e. The van der Waals surface area contributed by atoms with Gasteiger partial charge < -0.3 is 4.57 Å². The van der Waals surface area contributed by atoms with Crippen LogP contribution in [-0.4, -0.2) is 9.55 Å². The van der Waals surface area contributed by atoms with Crippen molar-refractivity contribution in [2.24, 2.45) is 5.41 Å². The molecule has 2 aromatic rings. The van der Waals surface area contributed by atoms with Gasteiger partial charge in [-0.2, -0.15) is 0 Å². The van der Waals surface area contributed by atoms with E-state index in [-0.39, 0.29) is 5.41 Å². The first-order valence-corrected chi connectivity index (χ1v) is 6.82. The molecule has 0 radical (unpaired) electrons. The lowest BCUT2D eigenvalue weighted by molar-refractivity contribution is 0.268. The van der Waals surface area contributed by atoms with Crippen molar-refractivity contribution in [1.29, 1.82) is 0 Å². The fourth-order valence-corrected chi connectivity index (χ4v) is 2.00. The van der Waals surface area contributed by atoms with Crippen LogP contribution in [0.2, 0.25) is 0 Å². The van der Waals surface area contributed by atoms with Gasteiger partial charge in [-0.3, -0.25) is 4.98 Å². The number of hydrogen-bond acceptors (Lipinski definition) is 1. The van der Waals surface area contributed by atoms with Gasteiger partial charge in [0.1, 0.15) is 0 Å². The summed E-state index contributed by atoms with van der Waals surface area (Å²) in [6.07, 6.45) is 6.06. The van der Waals surface area contributed by atoms with E-state index in [1.807, 2.05) is 26.2 Å². The number of hydrogen-bond donors (Lipinski definition) is 0. The molecule has 0 aromatic carbocycles. The average molecular weight is 246 g/mol. The van der Waals surface area contributed by atoms with Gasteiger partial charge in [-0.1, -0.05) is 34.6 Å². The number of aryl methyl sites for hydroxylation is 1. The number of rotatable bonds is 1. The van der Waals surface area contributed by atoms with Gasteiger partial charge in [0.2, 0.25) is 0 Å². The molecule has 2 rings (SSSR count). The maximum Gasteiger partial charge on any atom is 0.0516 e. The fraction of sp³-hybridized carbons (Fsp3) is 0.562. The Bertz CT molecular complexity index is 503. The Balaban J connectivity index is 0.000000771. The highest BCUT2D eigenvalue weighted by molar-refractivity contribution is 5.82. The molecule has 0 aliphatic carbocycles. The van der Waals surface area contributed by atoms with Gasteiger partial charge in [0.05, 0.1) is 5.52 Å². The van der Waals surface area contributed by atoms with Gasteiger partial charge in [-0.25, -0.2) is 0 Å². The Labute approximate surface area is 111 Å². The van der Waals surface area contributed by atoms with Crippen LogP contribution in [0.1, 0.15) is 53.1 Å². The van der Waals surface area contributed by atoms with Crippen LogP contribution in [0.15, 0.2) is 24.7 Å². The molecule has 1 atom stereocenters. The second kappa shape index (κ2) is 5.55. The quantitative estimate of drug-likeness (QED) is 0.694. The summed E-state index contributed by atoms with van der Waals surface area (Å²) in [5.41, 5.74) is 2.86. The molecule has 0 fully saturated rings. The SMILES string of the molecule is CC.Cc1cn(C(C)C(C)(C)C)c2ccncc12.